The first kappa shape index (κ1) is 11.2. The predicted molar refractivity (Wildman–Crippen MR) is 59.9 cm³/mol. The number of hydrogen-bond donors (Lipinski definition) is 0. The van der Waals surface area contributed by atoms with Crippen LogP contribution in [0.25, 0.3) is 0 Å². The Labute approximate surface area is 92.4 Å². The summed E-state index contributed by atoms with van der Waals surface area (Å²) in [5.74, 6) is 0.773. The van der Waals surface area contributed by atoms with Crippen molar-refractivity contribution in [2.45, 2.75) is 19.8 Å². The molecule has 0 spiro atoms. The second-order valence-electron chi connectivity index (χ2n) is 3.02. The minimum atomic E-state index is 0.136. The van der Waals surface area contributed by atoms with Crippen LogP contribution in [0.3, 0.4) is 0 Å². The maximum Gasteiger partial charge on any atom is 0.166 e. The van der Waals surface area contributed by atoms with E-state index in [1.54, 1.807) is 13.2 Å². The summed E-state index contributed by atoms with van der Waals surface area (Å²) in [5.41, 5.74) is 0.664. The van der Waals surface area contributed by atoms with Crippen molar-refractivity contribution in [3.05, 3.63) is 28.2 Å². The Morgan fingerprint density at radius 2 is 2.21 bits per heavy atom. The molecule has 0 aromatic heterocycles. The number of carbonyl (C=O) groups excluding carboxylic acids is 1. The van der Waals surface area contributed by atoms with Gasteiger partial charge in [-0.2, -0.15) is 0 Å². The Kier molecular flexibility index (Phi) is 4.14. The lowest BCUT2D eigenvalue weighted by atomic mass is 10.1. The topological polar surface area (TPSA) is 26.3 Å². The first-order valence-electron chi connectivity index (χ1n) is 4.55. The second kappa shape index (κ2) is 5.15. The molecule has 0 atom stereocenters. The average Bonchev–Trinajstić information content (AvgIpc) is 2.17. The highest BCUT2D eigenvalue weighted by molar-refractivity contribution is 9.10. The standard InChI is InChI=1S/C11H13BrO2/c1-3-4-10(13)9-6-5-8(12)7-11(9)14-2/h5-7H,3-4H2,1-2H3. The molecule has 0 aliphatic heterocycles. The smallest absolute Gasteiger partial charge is 0.166 e. The Balaban J connectivity index is 3.01. The van der Waals surface area contributed by atoms with Gasteiger partial charge in [0, 0.05) is 10.9 Å². The van der Waals surface area contributed by atoms with Crippen LogP contribution < -0.4 is 4.74 Å². The van der Waals surface area contributed by atoms with Crippen LogP contribution in [0.2, 0.25) is 0 Å². The molecule has 0 saturated carbocycles. The number of halogens is 1. The van der Waals surface area contributed by atoms with Crippen LogP contribution in [-0.4, -0.2) is 12.9 Å². The van der Waals surface area contributed by atoms with Crippen LogP contribution in [0, 0.1) is 0 Å². The number of rotatable bonds is 4. The molecule has 1 aromatic rings. The summed E-state index contributed by atoms with van der Waals surface area (Å²) in [4.78, 5) is 11.6. The summed E-state index contributed by atoms with van der Waals surface area (Å²) < 4.78 is 6.06. The lowest BCUT2D eigenvalue weighted by Gasteiger charge is -2.07. The van der Waals surface area contributed by atoms with E-state index in [0.29, 0.717) is 17.7 Å². The number of Topliss-reactive ketones (excluding diaryl/α,β-unsaturated/α-hetero) is 1. The molecule has 0 radical (unpaired) electrons. The summed E-state index contributed by atoms with van der Waals surface area (Å²) >= 11 is 3.33. The molecule has 0 saturated heterocycles. The van der Waals surface area contributed by atoms with Gasteiger partial charge in [0.1, 0.15) is 5.75 Å². The zero-order chi connectivity index (χ0) is 10.6. The first-order valence-corrected chi connectivity index (χ1v) is 5.35. The van der Waals surface area contributed by atoms with Crippen molar-refractivity contribution < 1.29 is 9.53 Å². The van der Waals surface area contributed by atoms with E-state index in [9.17, 15) is 4.79 Å². The van der Waals surface area contributed by atoms with Crippen LogP contribution >= 0.6 is 15.9 Å². The molecule has 76 valence electrons. The molecule has 14 heavy (non-hydrogen) atoms. The van der Waals surface area contributed by atoms with Gasteiger partial charge in [-0.05, 0) is 24.6 Å². The number of benzene rings is 1. The Morgan fingerprint density at radius 3 is 2.79 bits per heavy atom. The maximum atomic E-state index is 11.6. The quantitative estimate of drug-likeness (QED) is 0.772. The zero-order valence-corrected chi connectivity index (χ0v) is 9.93. The van der Waals surface area contributed by atoms with Gasteiger partial charge in [0.15, 0.2) is 5.78 Å². The molecular weight excluding hydrogens is 244 g/mol. The van der Waals surface area contributed by atoms with Crippen LogP contribution in [0.15, 0.2) is 22.7 Å². The van der Waals surface area contributed by atoms with E-state index in [1.807, 2.05) is 19.1 Å². The van der Waals surface area contributed by atoms with Gasteiger partial charge in [-0.1, -0.05) is 22.9 Å². The number of methoxy groups -OCH3 is 1. The number of ketones is 1. The SMILES string of the molecule is CCCC(=O)c1ccc(Br)cc1OC. The summed E-state index contributed by atoms with van der Waals surface area (Å²) in [5, 5.41) is 0. The van der Waals surface area contributed by atoms with Crippen LogP contribution in [0.5, 0.6) is 5.75 Å². The molecule has 0 N–H and O–H groups in total. The molecule has 0 amide bonds. The highest BCUT2D eigenvalue weighted by Gasteiger charge is 2.10. The third-order valence-corrected chi connectivity index (χ3v) is 2.43. The zero-order valence-electron chi connectivity index (χ0n) is 8.34. The van der Waals surface area contributed by atoms with E-state index in [-0.39, 0.29) is 5.78 Å². The molecule has 2 nitrogen and oxygen atoms in total. The van der Waals surface area contributed by atoms with E-state index >= 15 is 0 Å². The van der Waals surface area contributed by atoms with Crippen molar-refractivity contribution in [1.82, 2.24) is 0 Å². The van der Waals surface area contributed by atoms with Gasteiger partial charge in [0.05, 0.1) is 12.7 Å². The summed E-state index contributed by atoms with van der Waals surface area (Å²) in [6, 6.07) is 5.45. The predicted octanol–water partition coefficient (Wildman–Crippen LogP) is 3.44. The van der Waals surface area contributed by atoms with E-state index in [1.165, 1.54) is 0 Å². The van der Waals surface area contributed by atoms with E-state index in [2.05, 4.69) is 15.9 Å². The highest BCUT2D eigenvalue weighted by Crippen LogP contribution is 2.24. The van der Waals surface area contributed by atoms with Gasteiger partial charge in [0.25, 0.3) is 0 Å². The fraction of sp³-hybridized carbons (Fsp3) is 0.364. The van der Waals surface area contributed by atoms with E-state index in [4.69, 9.17) is 4.74 Å². The fourth-order valence-electron chi connectivity index (χ4n) is 1.26. The number of hydrogen-bond acceptors (Lipinski definition) is 2. The van der Waals surface area contributed by atoms with Gasteiger partial charge >= 0.3 is 0 Å². The molecule has 0 aliphatic rings. The summed E-state index contributed by atoms with van der Waals surface area (Å²) in [7, 11) is 1.57. The maximum absolute atomic E-state index is 11.6. The summed E-state index contributed by atoms with van der Waals surface area (Å²) in [6.45, 7) is 1.99. The highest BCUT2D eigenvalue weighted by atomic mass is 79.9. The molecule has 1 rings (SSSR count). The van der Waals surface area contributed by atoms with E-state index < -0.39 is 0 Å². The minimum Gasteiger partial charge on any atom is -0.496 e. The molecule has 0 unspecified atom stereocenters. The number of ether oxygens (including phenoxy) is 1. The third-order valence-electron chi connectivity index (χ3n) is 1.94. The Morgan fingerprint density at radius 1 is 1.50 bits per heavy atom. The van der Waals surface area contributed by atoms with Crippen LogP contribution in [0.1, 0.15) is 30.1 Å². The van der Waals surface area contributed by atoms with E-state index in [0.717, 1.165) is 10.9 Å². The molecule has 0 heterocycles. The van der Waals surface area contributed by atoms with Gasteiger partial charge in [-0.15, -0.1) is 0 Å². The Hall–Kier alpha value is -0.830. The Bertz CT molecular complexity index is 334. The molecule has 3 heteroatoms. The van der Waals surface area contributed by atoms with Gasteiger partial charge in [-0.25, -0.2) is 0 Å². The molecule has 0 fully saturated rings. The average molecular weight is 257 g/mol. The molecule has 0 aliphatic carbocycles. The monoisotopic (exact) mass is 256 g/mol. The van der Waals surface area contributed by atoms with Gasteiger partial charge < -0.3 is 4.74 Å². The lowest BCUT2D eigenvalue weighted by Crippen LogP contribution is -2.01. The van der Waals surface area contributed by atoms with Crippen LogP contribution in [0.4, 0.5) is 0 Å². The van der Waals surface area contributed by atoms with Crippen molar-refractivity contribution in [3.8, 4) is 5.75 Å². The molecule has 0 bridgehead atoms. The van der Waals surface area contributed by atoms with Gasteiger partial charge in [-0.3, -0.25) is 4.79 Å². The first-order chi connectivity index (χ1) is 6.69. The lowest BCUT2D eigenvalue weighted by molar-refractivity contribution is 0.0979. The second-order valence-corrected chi connectivity index (χ2v) is 3.93. The molecular formula is C11H13BrO2. The van der Waals surface area contributed by atoms with Crippen molar-refractivity contribution in [3.63, 3.8) is 0 Å². The van der Waals surface area contributed by atoms with Crippen molar-refractivity contribution in [1.29, 1.82) is 0 Å². The summed E-state index contributed by atoms with van der Waals surface area (Å²) in [6.07, 6.45) is 1.43. The number of carbonyl (C=O) groups is 1. The normalized spacial score (nSPS) is 9.93. The van der Waals surface area contributed by atoms with Gasteiger partial charge in [0.2, 0.25) is 0 Å². The van der Waals surface area contributed by atoms with Crippen molar-refractivity contribution in [2.75, 3.05) is 7.11 Å². The minimum absolute atomic E-state index is 0.136. The fourth-order valence-corrected chi connectivity index (χ4v) is 1.60. The van der Waals surface area contributed by atoms with Crippen molar-refractivity contribution in [2.24, 2.45) is 0 Å². The molecule has 1 aromatic carbocycles. The third kappa shape index (κ3) is 2.58. The largest absolute Gasteiger partial charge is 0.496 e. The van der Waals surface area contributed by atoms with Crippen LogP contribution in [-0.2, 0) is 0 Å². The van der Waals surface area contributed by atoms with Crippen molar-refractivity contribution >= 4 is 21.7 Å².